The van der Waals surface area contributed by atoms with Gasteiger partial charge >= 0.3 is 0 Å². The van der Waals surface area contributed by atoms with Gasteiger partial charge in [0.05, 0.1) is 13.2 Å². The third-order valence-electron chi connectivity index (χ3n) is 6.03. The quantitative estimate of drug-likeness (QED) is 0.881. The predicted molar refractivity (Wildman–Crippen MR) is 97.5 cm³/mol. The molecule has 136 valence electrons. The Labute approximate surface area is 150 Å². The first-order valence-corrected chi connectivity index (χ1v) is 9.68. The van der Waals surface area contributed by atoms with Crippen LogP contribution in [0.4, 0.5) is 0 Å². The average Bonchev–Trinajstić information content (AvgIpc) is 2.94. The van der Waals surface area contributed by atoms with Crippen LogP contribution in [0.15, 0.2) is 24.3 Å². The Morgan fingerprint density at radius 2 is 1.96 bits per heavy atom. The van der Waals surface area contributed by atoms with Crippen molar-refractivity contribution in [2.24, 2.45) is 0 Å². The van der Waals surface area contributed by atoms with Gasteiger partial charge in [-0.3, -0.25) is 9.69 Å². The molecule has 0 unspecified atom stereocenters. The molecule has 1 aromatic carbocycles. The van der Waals surface area contributed by atoms with Crippen molar-refractivity contribution in [2.45, 2.75) is 31.2 Å². The minimum absolute atomic E-state index is 0.116. The smallest absolute Gasteiger partial charge is 0.236 e. The molecule has 1 N–H and O–H groups in total. The molecule has 3 heterocycles. The average molecular weight is 343 g/mol. The van der Waals surface area contributed by atoms with Gasteiger partial charge in [-0.25, -0.2) is 0 Å². The third kappa shape index (κ3) is 3.59. The molecule has 3 aliphatic heterocycles. The molecule has 1 amide bonds. The van der Waals surface area contributed by atoms with E-state index in [-0.39, 0.29) is 11.4 Å². The van der Waals surface area contributed by atoms with E-state index in [2.05, 4.69) is 34.5 Å². The number of benzene rings is 1. The normalized spacial score (nSPS) is 23.9. The zero-order valence-electron chi connectivity index (χ0n) is 15.0. The van der Waals surface area contributed by atoms with Gasteiger partial charge in [0.1, 0.15) is 0 Å². The number of nitrogens with one attached hydrogen (secondary N) is 1. The second-order valence-electron chi connectivity index (χ2n) is 7.54. The van der Waals surface area contributed by atoms with Crippen LogP contribution in [0.25, 0.3) is 0 Å². The van der Waals surface area contributed by atoms with Gasteiger partial charge in [-0.1, -0.05) is 24.3 Å². The fourth-order valence-electron chi connectivity index (χ4n) is 4.56. The summed E-state index contributed by atoms with van der Waals surface area (Å²) in [5.41, 5.74) is 3.09. The Kier molecular flexibility index (Phi) is 5.06. The summed E-state index contributed by atoms with van der Waals surface area (Å²) in [6.07, 6.45) is 4.24. The molecule has 2 fully saturated rings. The molecule has 4 rings (SSSR count). The van der Waals surface area contributed by atoms with E-state index in [1.165, 1.54) is 11.1 Å². The van der Waals surface area contributed by atoms with Gasteiger partial charge in [0.15, 0.2) is 0 Å². The number of carbonyl (C=O) groups is 1. The van der Waals surface area contributed by atoms with Gasteiger partial charge in [-0.2, -0.15) is 0 Å². The van der Waals surface area contributed by atoms with Crippen molar-refractivity contribution in [3.8, 4) is 0 Å². The Morgan fingerprint density at radius 1 is 1.12 bits per heavy atom. The first-order valence-electron chi connectivity index (χ1n) is 9.68. The molecular formula is C20H29N3O2. The van der Waals surface area contributed by atoms with Gasteiger partial charge in [0.2, 0.25) is 5.91 Å². The first-order chi connectivity index (χ1) is 12.3. The molecule has 25 heavy (non-hydrogen) atoms. The molecule has 2 saturated heterocycles. The van der Waals surface area contributed by atoms with Crippen LogP contribution in [-0.2, 0) is 21.5 Å². The zero-order chi connectivity index (χ0) is 17.1. The molecule has 0 atom stereocenters. The lowest BCUT2D eigenvalue weighted by molar-refractivity contribution is -0.133. The fourth-order valence-corrected chi connectivity index (χ4v) is 4.56. The molecule has 1 spiro atoms. The Hall–Kier alpha value is -1.43. The minimum atomic E-state index is 0.116. The number of nitrogens with zero attached hydrogens (tertiary/aromatic N) is 2. The van der Waals surface area contributed by atoms with Crippen molar-refractivity contribution < 1.29 is 9.53 Å². The topological polar surface area (TPSA) is 44.8 Å². The summed E-state index contributed by atoms with van der Waals surface area (Å²) in [5.74, 6) is 0.262. The van der Waals surface area contributed by atoms with Crippen molar-refractivity contribution >= 4 is 5.91 Å². The van der Waals surface area contributed by atoms with Crippen LogP contribution in [0.3, 0.4) is 0 Å². The second kappa shape index (κ2) is 7.44. The van der Waals surface area contributed by atoms with Crippen molar-refractivity contribution in [3.05, 3.63) is 35.4 Å². The van der Waals surface area contributed by atoms with E-state index in [4.69, 9.17) is 4.74 Å². The standard InChI is InChI=1S/C20H29N3O2/c24-19(23-10-3-14-25-15-13-23)16-22-11-7-20(8-12-22)18-5-2-1-4-17(18)6-9-21-20/h1-2,4-5,21H,3,6-16H2. The maximum absolute atomic E-state index is 12.6. The van der Waals surface area contributed by atoms with Crippen LogP contribution in [0, 0.1) is 0 Å². The fraction of sp³-hybridized carbons (Fsp3) is 0.650. The Morgan fingerprint density at radius 3 is 2.84 bits per heavy atom. The number of fused-ring (bicyclic) bond motifs is 2. The molecule has 1 aromatic rings. The number of likely N-dealkylation sites (tertiary alicyclic amines) is 1. The van der Waals surface area contributed by atoms with Crippen LogP contribution < -0.4 is 5.32 Å². The molecule has 0 aromatic heterocycles. The van der Waals surface area contributed by atoms with E-state index in [9.17, 15) is 4.79 Å². The van der Waals surface area contributed by atoms with Crippen molar-refractivity contribution in [3.63, 3.8) is 0 Å². The highest BCUT2D eigenvalue weighted by molar-refractivity contribution is 5.78. The van der Waals surface area contributed by atoms with E-state index >= 15 is 0 Å². The number of hydrogen-bond acceptors (Lipinski definition) is 4. The molecule has 0 bridgehead atoms. The van der Waals surface area contributed by atoms with Crippen molar-refractivity contribution in [1.82, 2.24) is 15.1 Å². The maximum atomic E-state index is 12.6. The van der Waals surface area contributed by atoms with Crippen LogP contribution in [0.5, 0.6) is 0 Å². The summed E-state index contributed by atoms with van der Waals surface area (Å²) in [4.78, 5) is 16.9. The van der Waals surface area contributed by atoms with Crippen LogP contribution in [0.1, 0.15) is 30.4 Å². The summed E-state index contributed by atoms with van der Waals surface area (Å²) < 4.78 is 5.46. The molecule has 5 nitrogen and oxygen atoms in total. The van der Waals surface area contributed by atoms with Gasteiger partial charge < -0.3 is 15.0 Å². The lowest BCUT2D eigenvalue weighted by Gasteiger charge is -2.46. The number of piperidine rings is 1. The second-order valence-corrected chi connectivity index (χ2v) is 7.54. The molecule has 0 aliphatic carbocycles. The van der Waals surface area contributed by atoms with E-state index < -0.39 is 0 Å². The summed E-state index contributed by atoms with van der Waals surface area (Å²) in [7, 11) is 0. The van der Waals surface area contributed by atoms with Crippen LogP contribution in [0.2, 0.25) is 0 Å². The van der Waals surface area contributed by atoms with E-state index in [1.54, 1.807) is 0 Å². The molecule has 0 radical (unpaired) electrons. The zero-order valence-corrected chi connectivity index (χ0v) is 15.0. The van der Waals surface area contributed by atoms with E-state index in [0.717, 1.165) is 65.0 Å². The highest BCUT2D eigenvalue weighted by Gasteiger charge is 2.39. The SMILES string of the molecule is O=C(CN1CCC2(CC1)NCCc1ccccc12)N1CCCOCC1. The highest BCUT2D eigenvalue weighted by Crippen LogP contribution is 2.37. The molecule has 0 saturated carbocycles. The minimum Gasteiger partial charge on any atom is -0.380 e. The highest BCUT2D eigenvalue weighted by atomic mass is 16.5. The summed E-state index contributed by atoms with van der Waals surface area (Å²) in [6.45, 7) is 6.62. The van der Waals surface area contributed by atoms with E-state index in [1.807, 2.05) is 4.90 Å². The first kappa shape index (κ1) is 17.0. The number of carbonyl (C=O) groups excluding carboxylic acids is 1. The summed E-state index contributed by atoms with van der Waals surface area (Å²) >= 11 is 0. The summed E-state index contributed by atoms with van der Waals surface area (Å²) in [5, 5.41) is 3.80. The monoisotopic (exact) mass is 343 g/mol. The number of rotatable bonds is 2. The van der Waals surface area contributed by atoms with Gasteiger partial charge in [0, 0.05) is 44.9 Å². The molecule has 5 heteroatoms. The van der Waals surface area contributed by atoms with Crippen molar-refractivity contribution in [2.75, 3.05) is 52.5 Å². The lowest BCUT2D eigenvalue weighted by atomic mass is 9.76. The Balaban J connectivity index is 1.36. The maximum Gasteiger partial charge on any atom is 0.236 e. The predicted octanol–water partition coefficient (Wildman–Crippen LogP) is 1.37. The third-order valence-corrected chi connectivity index (χ3v) is 6.03. The number of ether oxygens (including phenoxy) is 1. The van der Waals surface area contributed by atoms with Crippen LogP contribution >= 0.6 is 0 Å². The number of hydrogen-bond donors (Lipinski definition) is 1. The van der Waals surface area contributed by atoms with Crippen molar-refractivity contribution in [1.29, 1.82) is 0 Å². The van der Waals surface area contributed by atoms with Gasteiger partial charge in [-0.15, -0.1) is 0 Å². The lowest BCUT2D eigenvalue weighted by Crippen LogP contribution is -2.55. The molecule has 3 aliphatic rings. The van der Waals surface area contributed by atoms with Gasteiger partial charge in [0.25, 0.3) is 0 Å². The summed E-state index contributed by atoms with van der Waals surface area (Å²) in [6, 6.07) is 8.87. The van der Waals surface area contributed by atoms with Crippen LogP contribution in [-0.4, -0.2) is 68.2 Å². The Bertz CT molecular complexity index is 603. The molecular weight excluding hydrogens is 314 g/mol. The number of amides is 1. The largest absolute Gasteiger partial charge is 0.380 e. The van der Waals surface area contributed by atoms with E-state index in [0.29, 0.717) is 13.2 Å². The van der Waals surface area contributed by atoms with Gasteiger partial charge in [-0.05, 0) is 36.8 Å².